The SMILES string of the molecule is Cc1c(Cl)cccc1NC(=O)/C(C#N)=C/c1cn(Cc2cccc(Cl)c2)c2ccccc12. The highest BCUT2D eigenvalue weighted by molar-refractivity contribution is 6.32. The van der Waals surface area contributed by atoms with Gasteiger partial charge in [0.1, 0.15) is 11.6 Å². The van der Waals surface area contributed by atoms with Crippen molar-refractivity contribution in [2.75, 3.05) is 5.32 Å². The molecule has 3 aromatic carbocycles. The molecule has 32 heavy (non-hydrogen) atoms. The topological polar surface area (TPSA) is 57.8 Å². The second kappa shape index (κ2) is 9.32. The van der Waals surface area contributed by atoms with Crippen molar-refractivity contribution >= 4 is 51.8 Å². The average Bonchev–Trinajstić information content (AvgIpc) is 3.12. The fourth-order valence-electron chi connectivity index (χ4n) is 3.59. The molecule has 0 aliphatic carbocycles. The second-order valence-electron chi connectivity index (χ2n) is 7.40. The molecule has 4 nitrogen and oxygen atoms in total. The van der Waals surface area contributed by atoms with Crippen LogP contribution in [0.25, 0.3) is 17.0 Å². The molecule has 0 saturated heterocycles. The number of carbonyl (C=O) groups excluding carboxylic acids is 1. The van der Waals surface area contributed by atoms with Crippen molar-refractivity contribution in [2.24, 2.45) is 0 Å². The summed E-state index contributed by atoms with van der Waals surface area (Å²) in [4.78, 5) is 12.8. The van der Waals surface area contributed by atoms with Gasteiger partial charge in [0, 0.05) is 44.9 Å². The van der Waals surface area contributed by atoms with Crippen LogP contribution in [0.3, 0.4) is 0 Å². The van der Waals surface area contributed by atoms with Gasteiger partial charge in [0.2, 0.25) is 0 Å². The number of aromatic nitrogens is 1. The fourth-order valence-corrected chi connectivity index (χ4v) is 3.98. The molecule has 1 aromatic heterocycles. The number of rotatable bonds is 5. The van der Waals surface area contributed by atoms with E-state index < -0.39 is 5.91 Å². The van der Waals surface area contributed by atoms with Gasteiger partial charge in [0.25, 0.3) is 5.91 Å². The number of nitriles is 1. The molecule has 0 radical (unpaired) electrons. The van der Waals surface area contributed by atoms with Crippen LogP contribution in [0.2, 0.25) is 10.0 Å². The van der Waals surface area contributed by atoms with Crippen LogP contribution in [0.5, 0.6) is 0 Å². The van der Waals surface area contributed by atoms with E-state index in [1.54, 1.807) is 24.3 Å². The Morgan fingerprint density at radius 1 is 1.09 bits per heavy atom. The summed E-state index contributed by atoms with van der Waals surface area (Å²) < 4.78 is 2.08. The van der Waals surface area contributed by atoms with Crippen molar-refractivity contribution in [3.8, 4) is 6.07 Å². The summed E-state index contributed by atoms with van der Waals surface area (Å²) in [6, 6.07) is 22.9. The number of nitrogens with zero attached hydrogens (tertiary/aromatic N) is 2. The summed E-state index contributed by atoms with van der Waals surface area (Å²) >= 11 is 12.3. The van der Waals surface area contributed by atoms with Crippen LogP contribution < -0.4 is 5.32 Å². The third kappa shape index (κ3) is 4.55. The van der Waals surface area contributed by atoms with Gasteiger partial charge >= 0.3 is 0 Å². The molecule has 0 saturated carbocycles. The van der Waals surface area contributed by atoms with Crippen molar-refractivity contribution in [1.82, 2.24) is 4.57 Å². The largest absolute Gasteiger partial charge is 0.342 e. The minimum absolute atomic E-state index is 0.00929. The highest BCUT2D eigenvalue weighted by atomic mass is 35.5. The van der Waals surface area contributed by atoms with Crippen LogP contribution in [-0.2, 0) is 11.3 Å². The first-order valence-electron chi connectivity index (χ1n) is 9.97. The number of para-hydroxylation sites is 1. The van der Waals surface area contributed by atoms with Crippen LogP contribution in [0, 0.1) is 18.3 Å². The molecule has 158 valence electrons. The van der Waals surface area contributed by atoms with Crippen LogP contribution in [-0.4, -0.2) is 10.5 Å². The van der Waals surface area contributed by atoms with E-state index in [4.69, 9.17) is 23.2 Å². The lowest BCUT2D eigenvalue weighted by atomic mass is 10.1. The first kappa shape index (κ1) is 21.7. The van der Waals surface area contributed by atoms with Crippen molar-refractivity contribution in [3.05, 3.63) is 105 Å². The van der Waals surface area contributed by atoms with Gasteiger partial charge in [-0.25, -0.2) is 0 Å². The van der Waals surface area contributed by atoms with E-state index in [0.717, 1.165) is 27.6 Å². The number of anilines is 1. The molecule has 0 fully saturated rings. The van der Waals surface area contributed by atoms with Crippen LogP contribution in [0.1, 0.15) is 16.7 Å². The quantitative estimate of drug-likeness (QED) is 0.262. The molecule has 0 bridgehead atoms. The Labute approximate surface area is 196 Å². The average molecular weight is 460 g/mol. The molecule has 6 heteroatoms. The standard InChI is InChI=1S/C26H19Cl2N3O/c1-17-23(28)9-5-10-24(17)30-26(32)19(14-29)13-20-16-31(25-11-3-2-8-22(20)25)15-18-6-4-7-21(27)12-18/h2-13,16H,15H2,1H3,(H,30,32)/b19-13+. The zero-order chi connectivity index (χ0) is 22.7. The lowest BCUT2D eigenvalue weighted by molar-refractivity contribution is -0.112. The molecule has 4 aromatic rings. The fraction of sp³-hybridized carbons (Fsp3) is 0.0769. The van der Waals surface area contributed by atoms with Gasteiger partial charge in [-0.2, -0.15) is 5.26 Å². The molecule has 1 amide bonds. The maximum Gasteiger partial charge on any atom is 0.266 e. The number of halogens is 2. The number of nitrogens with one attached hydrogen (secondary N) is 1. The van der Waals surface area contributed by atoms with Gasteiger partial charge in [-0.15, -0.1) is 0 Å². The summed E-state index contributed by atoms with van der Waals surface area (Å²) in [5.74, 6) is -0.482. The maximum atomic E-state index is 12.8. The van der Waals surface area contributed by atoms with Crippen LogP contribution in [0.15, 0.2) is 78.5 Å². The highest BCUT2D eigenvalue weighted by Crippen LogP contribution is 2.26. The summed E-state index contributed by atoms with van der Waals surface area (Å²) in [7, 11) is 0. The van der Waals surface area contributed by atoms with E-state index in [0.29, 0.717) is 22.3 Å². The Bertz CT molecular complexity index is 1400. The zero-order valence-corrected chi connectivity index (χ0v) is 18.8. The van der Waals surface area contributed by atoms with Gasteiger partial charge in [-0.1, -0.05) is 59.6 Å². The Morgan fingerprint density at radius 2 is 1.88 bits per heavy atom. The summed E-state index contributed by atoms with van der Waals surface area (Å²) in [6.45, 7) is 2.43. The molecule has 0 aliphatic rings. The molecule has 0 spiro atoms. The maximum absolute atomic E-state index is 12.8. The second-order valence-corrected chi connectivity index (χ2v) is 8.24. The van der Waals surface area contributed by atoms with E-state index in [-0.39, 0.29) is 5.57 Å². The van der Waals surface area contributed by atoms with E-state index in [2.05, 4.69) is 9.88 Å². The minimum Gasteiger partial charge on any atom is -0.342 e. The molecule has 1 heterocycles. The third-order valence-corrected chi connectivity index (χ3v) is 5.89. The van der Waals surface area contributed by atoms with Gasteiger partial charge in [-0.05, 0) is 54.5 Å². The van der Waals surface area contributed by atoms with Crippen molar-refractivity contribution in [1.29, 1.82) is 5.26 Å². The van der Waals surface area contributed by atoms with E-state index in [9.17, 15) is 10.1 Å². The first-order valence-corrected chi connectivity index (χ1v) is 10.7. The van der Waals surface area contributed by atoms with E-state index >= 15 is 0 Å². The Morgan fingerprint density at radius 3 is 2.66 bits per heavy atom. The molecular weight excluding hydrogens is 441 g/mol. The van der Waals surface area contributed by atoms with Crippen LogP contribution >= 0.6 is 23.2 Å². The number of amides is 1. The monoisotopic (exact) mass is 459 g/mol. The van der Waals surface area contributed by atoms with Gasteiger partial charge < -0.3 is 9.88 Å². The Hall–Kier alpha value is -3.52. The van der Waals surface area contributed by atoms with Gasteiger partial charge in [0.05, 0.1) is 0 Å². The number of hydrogen-bond donors (Lipinski definition) is 1. The number of hydrogen-bond acceptors (Lipinski definition) is 2. The first-order chi connectivity index (χ1) is 15.5. The van der Waals surface area contributed by atoms with E-state index in [1.807, 2.05) is 67.7 Å². The summed E-state index contributed by atoms with van der Waals surface area (Å²) in [5.41, 5.74) is 4.18. The predicted octanol–water partition coefficient (Wildman–Crippen LogP) is 6.85. The molecule has 0 atom stereocenters. The van der Waals surface area contributed by atoms with Gasteiger partial charge in [-0.3, -0.25) is 4.79 Å². The summed E-state index contributed by atoms with van der Waals surface area (Å²) in [5, 5.41) is 14.6. The smallest absolute Gasteiger partial charge is 0.266 e. The lowest BCUT2D eigenvalue weighted by Gasteiger charge is -2.08. The predicted molar refractivity (Wildman–Crippen MR) is 131 cm³/mol. The van der Waals surface area contributed by atoms with Crippen molar-refractivity contribution in [3.63, 3.8) is 0 Å². The lowest BCUT2D eigenvalue weighted by Crippen LogP contribution is -2.14. The van der Waals surface area contributed by atoms with Crippen LogP contribution in [0.4, 0.5) is 5.69 Å². The van der Waals surface area contributed by atoms with E-state index in [1.165, 1.54) is 0 Å². The molecule has 4 rings (SSSR count). The molecular formula is C26H19Cl2N3O. The van der Waals surface area contributed by atoms with Crippen molar-refractivity contribution in [2.45, 2.75) is 13.5 Å². The Balaban J connectivity index is 1.69. The molecule has 0 aliphatic heterocycles. The van der Waals surface area contributed by atoms with Crippen molar-refractivity contribution < 1.29 is 4.79 Å². The number of benzene rings is 3. The number of fused-ring (bicyclic) bond motifs is 1. The zero-order valence-electron chi connectivity index (χ0n) is 17.3. The normalized spacial score (nSPS) is 11.4. The Kier molecular flexibility index (Phi) is 6.32. The summed E-state index contributed by atoms with van der Waals surface area (Å²) in [6.07, 6.45) is 3.56. The molecule has 0 unspecified atom stereocenters. The van der Waals surface area contributed by atoms with Gasteiger partial charge in [0.15, 0.2) is 0 Å². The molecule has 1 N–H and O–H groups in total. The minimum atomic E-state index is -0.482. The third-order valence-electron chi connectivity index (χ3n) is 5.24. The number of carbonyl (C=O) groups is 1. The highest BCUT2D eigenvalue weighted by Gasteiger charge is 2.14.